The van der Waals surface area contributed by atoms with E-state index in [1.54, 1.807) is 18.5 Å². The molecule has 0 fully saturated rings. The second-order valence-electron chi connectivity index (χ2n) is 4.33. The van der Waals surface area contributed by atoms with E-state index in [9.17, 15) is 10.1 Å². The van der Waals surface area contributed by atoms with E-state index in [2.05, 4.69) is 27.2 Å². The highest BCUT2D eigenvalue weighted by molar-refractivity contribution is 5.39. The smallest absolute Gasteiger partial charge is 0.287 e. The Morgan fingerprint density at radius 3 is 2.85 bits per heavy atom. The van der Waals surface area contributed by atoms with Gasteiger partial charge in [-0.1, -0.05) is 6.92 Å². The Labute approximate surface area is 116 Å². The van der Waals surface area contributed by atoms with Gasteiger partial charge < -0.3 is 10.3 Å². The van der Waals surface area contributed by atoms with Gasteiger partial charge in [0.1, 0.15) is 17.8 Å². The third kappa shape index (κ3) is 3.53. The monoisotopic (exact) mass is 274 g/mol. The van der Waals surface area contributed by atoms with Crippen LogP contribution in [0.2, 0.25) is 0 Å². The lowest BCUT2D eigenvalue weighted by Crippen LogP contribution is -2.09. The summed E-state index contributed by atoms with van der Waals surface area (Å²) in [6.07, 6.45) is 6.37. The first-order valence-corrected chi connectivity index (χ1v) is 6.33. The Balaban J connectivity index is 1.84. The van der Waals surface area contributed by atoms with E-state index in [0.29, 0.717) is 12.4 Å². The molecular formula is C13H16N5O2. The average Bonchev–Trinajstić information content (AvgIpc) is 2.98. The summed E-state index contributed by atoms with van der Waals surface area (Å²) >= 11 is 0. The summed E-state index contributed by atoms with van der Waals surface area (Å²) in [7, 11) is 0. The standard InChI is InChI=1S/C13H16N5O2/c1-2-10(13-15-7-8-16-13)5-6-14-12-4-3-11(9-17-12)18(19)20/h3-4,7-10H,1-2,5-6H2,(H,14,17)(H,15,16). The third-order valence-corrected chi connectivity index (χ3v) is 3.01. The zero-order valence-corrected chi connectivity index (χ0v) is 11.0. The summed E-state index contributed by atoms with van der Waals surface area (Å²) in [5.41, 5.74) is -0.0122. The number of imidazole rings is 1. The highest BCUT2D eigenvalue weighted by atomic mass is 16.6. The van der Waals surface area contributed by atoms with Gasteiger partial charge in [-0.15, -0.1) is 0 Å². The molecule has 0 saturated heterocycles. The fourth-order valence-electron chi connectivity index (χ4n) is 1.89. The van der Waals surface area contributed by atoms with Crippen LogP contribution in [0.5, 0.6) is 0 Å². The molecule has 2 heterocycles. The van der Waals surface area contributed by atoms with Crippen LogP contribution in [-0.2, 0) is 0 Å². The van der Waals surface area contributed by atoms with Crippen LogP contribution in [0, 0.1) is 17.0 Å². The molecule has 1 unspecified atom stereocenters. The van der Waals surface area contributed by atoms with Gasteiger partial charge in [-0.05, 0) is 18.9 Å². The Morgan fingerprint density at radius 2 is 2.30 bits per heavy atom. The number of anilines is 1. The molecule has 0 aliphatic rings. The Bertz CT molecular complexity index is 538. The molecule has 0 aromatic carbocycles. The predicted octanol–water partition coefficient (Wildman–Crippen LogP) is 2.52. The highest BCUT2D eigenvalue weighted by Gasteiger charge is 2.11. The van der Waals surface area contributed by atoms with Gasteiger partial charge in [-0.25, -0.2) is 9.97 Å². The Morgan fingerprint density at radius 1 is 1.45 bits per heavy atom. The normalized spacial score (nSPS) is 12.1. The summed E-state index contributed by atoms with van der Waals surface area (Å²) < 4.78 is 0. The first kappa shape index (κ1) is 14.0. The number of nitrogens with one attached hydrogen (secondary N) is 2. The van der Waals surface area contributed by atoms with Crippen molar-refractivity contribution in [3.63, 3.8) is 0 Å². The molecule has 105 valence electrons. The lowest BCUT2D eigenvalue weighted by Gasteiger charge is -2.12. The van der Waals surface area contributed by atoms with Gasteiger partial charge in [0.05, 0.1) is 4.92 Å². The van der Waals surface area contributed by atoms with Gasteiger partial charge in [0.25, 0.3) is 5.69 Å². The number of rotatable bonds is 7. The predicted molar refractivity (Wildman–Crippen MR) is 75.3 cm³/mol. The molecule has 1 radical (unpaired) electrons. The van der Waals surface area contributed by atoms with E-state index in [1.165, 1.54) is 12.3 Å². The number of H-pyrrole nitrogens is 1. The Kier molecular flexibility index (Phi) is 4.65. The van der Waals surface area contributed by atoms with Gasteiger partial charge in [-0.2, -0.15) is 0 Å². The molecular weight excluding hydrogens is 258 g/mol. The molecule has 7 nitrogen and oxygen atoms in total. The van der Waals surface area contributed by atoms with Gasteiger partial charge >= 0.3 is 0 Å². The topological polar surface area (TPSA) is 96.7 Å². The van der Waals surface area contributed by atoms with Crippen molar-refractivity contribution >= 4 is 11.5 Å². The lowest BCUT2D eigenvalue weighted by atomic mass is 10.0. The first-order valence-electron chi connectivity index (χ1n) is 6.33. The molecule has 7 heteroatoms. The van der Waals surface area contributed by atoms with Gasteiger partial charge in [0.2, 0.25) is 0 Å². The van der Waals surface area contributed by atoms with Crippen molar-refractivity contribution in [2.75, 3.05) is 11.9 Å². The molecule has 2 rings (SSSR count). The van der Waals surface area contributed by atoms with E-state index < -0.39 is 4.92 Å². The lowest BCUT2D eigenvalue weighted by molar-refractivity contribution is -0.385. The van der Waals surface area contributed by atoms with Crippen LogP contribution in [0.15, 0.2) is 30.7 Å². The van der Waals surface area contributed by atoms with E-state index in [-0.39, 0.29) is 11.6 Å². The SMILES string of the molecule is [CH2]CC(CCNc1ccc([N+](=O)[O-])cn1)c1ncc[nH]1. The van der Waals surface area contributed by atoms with Crippen LogP contribution in [0.3, 0.4) is 0 Å². The first-order chi connectivity index (χ1) is 9.70. The van der Waals surface area contributed by atoms with E-state index in [1.807, 2.05) is 0 Å². The van der Waals surface area contributed by atoms with Gasteiger partial charge in [0, 0.05) is 30.9 Å². The second kappa shape index (κ2) is 6.65. The zero-order chi connectivity index (χ0) is 14.4. The van der Waals surface area contributed by atoms with E-state index in [0.717, 1.165) is 18.7 Å². The number of aromatic nitrogens is 3. The molecule has 0 aliphatic heterocycles. The molecule has 0 saturated carbocycles. The fourth-order valence-corrected chi connectivity index (χ4v) is 1.89. The molecule has 0 spiro atoms. The summed E-state index contributed by atoms with van der Waals surface area (Å²) in [6, 6.07) is 3.03. The van der Waals surface area contributed by atoms with Crippen LogP contribution in [0.25, 0.3) is 0 Å². The molecule has 1 atom stereocenters. The van der Waals surface area contributed by atoms with Crippen LogP contribution in [0.1, 0.15) is 24.6 Å². The molecule has 0 aliphatic carbocycles. The molecule has 0 amide bonds. The number of nitro groups is 1. The van der Waals surface area contributed by atoms with Crippen LogP contribution >= 0.6 is 0 Å². The second-order valence-corrected chi connectivity index (χ2v) is 4.33. The zero-order valence-electron chi connectivity index (χ0n) is 11.0. The summed E-state index contributed by atoms with van der Waals surface area (Å²) in [5, 5.41) is 13.6. The molecule has 20 heavy (non-hydrogen) atoms. The largest absolute Gasteiger partial charge is 0.370 e. The molecule has 2 aromatic heterocycles. The van der Waals surface area contributed by atoms with Crippen molar-refractivity contribution < 1.29 is 4.92 Å². The maximum absolute atomic E-state index is 10.5. The number of nitrogens with zero attached hydrogens (tertiary/aromatic N) is 3. The number of aromatic amines is 1. The van der Waals surface area contributed by atoms with Crippen LogP contribution < -0.4 is 5.32 Å². The van der Waals surface area contributed by atoms with Crippen LogP contribution in [0.4, 0.5) is 11.5 Å². The minimum absolute atomic E-state index is 0.0122. The van der Waals surface area contributed by atoms with Crippen molar-refractivity contribution in [2.45, 2.75) is 18.8 Å². The summed E-state index contributed by atoms with van der Waals surface area (Å²) in [4.78, 5) is 21.4. The van der Waals surface area contributed by atoms with Gasteiger partial charge in [-0.3, -0.25) is 10.1 Å². The summed E-state index contributed by atoms with van der Waals surface area (Å²) in [5.74, 6) is 1.81. The fraction of sp³-hybridized carbons (Fsp3) is 0.308. The quantitative estimate of drug-likeness (QED) is 0.597. The van der Waals surface area contributed by atoms with Crippen molar-refractivity contribution in [3.05, 3.63) is 53.6 Å². The van der Waals surface area contributed by atoms with Crippen LogP contribution in [-0.4, -0.2) is 26.4 Å². The average molecular weight is 274 g/mol. The maximum atomic E-state index is 10.5. The highest BCUT2D eigenvalue weighted by Crippen LogP contribution is 2.19. The van der Waals surface area contributed by atoms with Crippen molar-refractivity contribution in [1.29, 1.82) is 0 Å². The molecule has 2 N–H and O–H groups in total. The van der Waals surface area contributed by atoms with Crippen molar-refractivity contribution in [3.8, 4) is 0 Å². The minimum atomic E-state index is -0.466. The Hall–Kier alpha value is -2.44. The number of hydrogen-bond acceptors (Lipinski definition) is 5. The maximum Gasteiger partial charge on any atom is 0.287 e. The van der Waals surface area contributed by atoms with Crippen molar-refractivity contribution in [1.82, 2.24) is 15.0 Å². The summed E-state index contributed by atoms with van der Waals surface area (Å²) in [6.45, 7) is 4.62. The minimum Gasteiger partial charge on any atom is -0.370 e. The van der Waals surface area contributed by atoms with Gasteiger partial charge in [0.15, 0.2) is 0 Å². The molecule has 2 aromatic rings. The number of pyridine rings is 1. The van der Waals surface area contributed by atoms with E-state index >= 15 is 0 Å². The molecule has 0 bridgehead atoms. The van der Waals surface area contributed by atoms with E-state index in [4.69, 9.17) is 0 Å². The van der Waals surface area contributed by atoms with Crippen molar-refractivity contribution in [2.24, 2.45) is 0 Å². The third-order valence-electron chi connectivity index (χ3n) is 3.01. The number of hydrogen-bond donors (Lipinski definition) is 2.